The lowest BCUT2D eigenvalue weighted by Crippen LogP contribution is -2.43. The molecule has 0 bridgehead atoms. The van der Waals surface area contributed by atoms with Crippen molar-refractivity contribution in [2.24, 2.45) is 0 Å². The van der Waals surface area contributed by atoms with E-state index in [2.05, 4.69) is 0 Å². The Kier molecular flexibility index (Phi) is 5.07. The van der Waals surface area contributed by atoms with Gasteiger partial charge in [-0.3, -0.25) is 14.5 Å². The molecule has 0 spiro atoms. The van der Waals surface area contributed by atoms with Crippen LogP contribution in [0.15, 0.2) is 75.7 Å². The zero-order valence-corrected chi connectivity index (χ0v) is 16.8. The largest absolute Gasteiger partial charge is 0.457 e. The van der Waals surface area contributed by atoms with E-state index in [0.29, 0.717) is 29.1 Å². The van der Waals surface area contributed by atoms with Crippen molar-refractivity contribution in [2.75, 3.05) is 6.54 Å². The Morgan fingerprint density at radius 2 is 1.80 bits per heavy atom. The number of imide groups is 1. The van der Waals surface area contributed by atoms with Crippen LogP contribution >= 0.6 is 0 Å². The van der Waals surface area contributed by atoms with Crippen LogP contribution in [0.3, 0.4) is 0 Å². The first-order valence-corrected chi connectivity index (χ1v) is 9.82. The number of carbonyl (C=O) groups is 2. The molecule has 0 saturated carbocycles. The van der Waals surface area contributed by atoms with Gasteiger partial charge in [-0.1, -0.05) is 49.4 Å². The smallest absolute Gasteiger partial charge is 0.271 e. The number of hydrogen-bond donors (Lipinski definition) is 0. The molecule has 5 nitrogen and oxygen atoms in total. The number of nitrogens with zero attached hydrogens (tertiary/aromatic N) is 2. The van der Waals surface area contributed by atoms with Gasteiger partial charge in [-0.25, -0.2) is 0 Å². The first-order chi connectivity index (χ1) is 14.5. The molecular weight excluding hydrogens is 376 g/mol. The molecule has 30 heavy (non-hydrogen) atoms. The second-order valence-electron chi connectivity index (χ2n) is 7.16. The molecular formula is C25H20N2O3. The Labute approximate surface area is 174 Å². The van der Waals surface area contributed by atoms with Crippen molar-refractivity contribution in [3.8, 4) is 17.4 Å². The Balaban J connectivity index is 1.78. The number of carbonyl (C=O) groups excluding carboxylic acids is 2. The summed E-state index contributed by atoms with van der Waals surface area (Å²) in [6, 6.07) is 19.7. The average molecular weight is 396 g/mol. The van der Waals surface area contributed by atoms with E-state index < -0.39 is 11.8 Å². The van der Waals surface area contributed by atoms with Gasteiger partial charge in [0.15, 0.2) is 0 Å². The molecule has 4 rings (SSSR count). The third-order valence-electron chi connectivity index (χ3n) is 5.24. The highest BCUT2D eigenvalue weighted by Gasteiger charge is 2.35. The molecule has 0 saturated heterocycles. The van der Waals surface area contributed by atoms with Crippen molar-refractivity contribution in [1.29, 1.82) is 5.26 Å². The second-order valence-corrected chi connectivity index (χ2v) is 7.16. The minimum Gasteiger partial charge on any atom is -0.457 e. The highest BCUT2D eigenvalue weighted by atomic mass is 16.3. The van der Waals surface area contributed by atoms with Gasteiger partial charge in [0.2, 0.25) is 0 Å². The van der Waals surface area contributed by atoms with E-state index in [1.807, 2.05) is 61.5 Å². The lowest BCUT2D eigenvalue weighted by molar-refractivity contribution is -0.140. The monoisotopic (exact) mass is 396 g/mol. The molecule has 2 amide bonds. The molecule has 3 aromatic rings. The maximum Gasteiger partial charge on any atom is 0.271 e. The van der Waals surface area contributed by atoms with Crippen LogP contribution in [0.1, 0.15) is 26.0 Å². The molecule has 1 aliphatic rings. The minimum absolute atomic E-state index is 0.00451. The van der Waals surface area contributed by atoms with E-state index >= 15 is 0 Å². The molecule has 2 heterocycles. The van der Waals surface area contributed by atoms with Crippen molar-refractivity contribution < 1.29 is 14.0 Å². The van der Waals surface area contributed by atoms with Crippen LogP contribution < -0.4 is 0 Å². The van der Waals surface area contributed by atoms with E-state index in [1.54, 1.807) is 19.1 Å². The van der Waals surface area contributed by atoms with E-state index in [1.165, 1.54) is 0 Å². The molecule has 2 aromatic carbocycles. The molecule has 5 heteroatoms. The Morgan fingerprint density at radius 1 is 1.03 bits per heavy atom. The minimum atomic E-state index is -0.533. The number of rotatable bonds is 4. The Morgan fingerprint density at radius 3 is 2.57 bits per heavy atom. The summed E-state index contributed by atoms with van der Waals surface area (Å²) in [6.07, 6.45) is 2.23. The van der Waals surface area contributed by atoms with Crippen molar-refractivity contribution in [1.82, 2.24) is 4.90 Å². The summed E-state index contributed by atoms with van der Waals surface area (Å²) >= 11 is 0. The van der Waals surface area contributed by atoms with E-state index in [0.717, 1.165) is 21.2 Å². The van der Waals surface area contributed by atoms with Gasteiger partial charge in [-0.05, 0) is 47.9 Å². The molecule has 0 N–H and O–H groups in total. The second kappa shape index (κ2) is 7.84. The summed E-state index contributed by atoms with van der Waals surface area (Å²) < 4.78 is 6.03. The number of furan rings is 1. The first kappa shape index (κ1) is 19.4. The van der Waals surface area contributed by atoms with Gasteiger partial charge < -0.3 is 4.42 Å². The number of nitriles is 1. The number of fused-ring (bicyclic) bond motifs is 1. The average Bonchev–Trinajstić information content (AvgIpc) is 3.23. The molecule has 148 valence electrons. The third kappa shape index (κ3) is 3.23. The third-order valence-corrected chi connectivity index (χ3v) is 5.24. The predicted molar refractivity (Wildman–Crippen MR) is 115 cm³/mol. The molecule has 0 atom stereocenters. The first-order valence-electron chi connectivity index (χ1n) is 9.82. The summed E-state index contributed by atoms with van der Waals surface area (Å²) in [7, 11) is 0. The highest BCUT2D eigenvalue weighted by Crippen LogP contribution is 2.32. The van der Waals surface area contributed by atoms with Gasteiger partial charge in [-0.15, -0.1) is 0 Å². The van der Waals surface area contributed by atoms with Crippen LogP contribution in [0, 0.1) is 11.3 Å². The fourth-order valence-corrected chi connectivity index (χ4v) is 3.71. The fourth-order valence-electron chi connectivity index (χ4n) is 3.71. The van der Waals surface area contributed by atoms with Crippen molar-refractivity contribution >= 4 is 28.7 Å². The van der Waals surface area contributed by atoms with Crippen LogP contribution in [-0.2, 0) is 9.59 Å². The zero-order valence-electron chi connectivity index (χ0n) is 16.8. The molecule has 0 radical (unpaired) electrons. The van der Waals surface area contributed by atoms with Crippen molar-refractivity contribution in [3.05, 3.63) is 77.1 Å². The lowest BCUT2D eigenvalue weighted by atomic mass is 9.94. The summed E-state index contributed by atoms with van der Waals surface area (Å²) in [4.78, 5) is 26.5. The van der Waals surface area contributed by atoms with Crippen LogP contribution in [-0.4, -0.2) is 23.3 Å². The van der Waals surface area contributed by atoms with Crippen LogP contribution in [0.5, 0.6) is 0 Å². The van der Waals surface area contributed by atoms with Gasteiger partial charge >= 0.3 is 0 Å². The summed E-state index contributed by atoms with van der Waals surface area (Å²) in [6.45, 7) is 3.77. The molecule has 0 unspecified atom stereocenters. The zero-order chi connectivity index (χ0) is 21.3. The van der Waals surface area contributed by atoms with Crippen molar-refractivity contribution in [2.45, 2.75) is 20.3 Å². The van der Waals surface area contributed by atoms with Gasteiger partial charge in [0.25, 0.3) is 11.8 Å². The van der Waals surface area contributed by atoms with Gasteiger partial charge in [-0.2, -0.15) is 5.26 Å². The van der Waals surface area contributed by atoms with Gasteiger partial charge in [0, 0.05) is 17.7 Å². The van der Waals surface area contributed by atoms with Crippen LogP contribution in [0.4, 0.5) is 0 Å². The standard InChI is InChI=1S/C25H20N2O3/c1-3-13-27-24(28)21(16(2)22(15-26)25(27)29)14-18-11-12-23(30-18)20-10-6-8-17-7-4-5-9-19(17)20/h4-12,14H,3,13H2,1-2H3/b21-14+. The lowest BCUT2D eigenvalue weighted by Gasteiger charge is -2.26. The van der Waals surface area contributed by atoms with E-state index in [9.17, 15) is 14.9 Å². The molecule has 0 aliphatic carbocycles. The summed E-state index contributed by atoms with van der Waals surface area (Å²) in [5.74, 6) is 0.241. The summed E-state index contributed by atoms with van der Waals surface area (Å²) in [5, 5.41) is 11.6. The fraction of sp³-hybridized carbons (Fsp3) is 0.160. The highest BCUT2D eigenvalue weighted by molar-refractivity contribution is 6.19. The topological polar surface area (TPSA) is 74.3 Å². The number of hydrogen-bond acceptors (Lipinski definition) is 4. The van der Waals surface area contributed by atoms with Gasteiger partial charge in [0.1, 0.15) is 23.2 Å². The van der Waals surface area contributed by atoms with Crippen LogP contribution in [0.25, 0.3) is 28.2 Å². The van der Waals surface area contributed by atoms with E-state index in [-0.39, 0.29) is 12.1 Å². The van der Waals surface area contributed by atoms with Crippen molar-refractivity contribution in [3.63, 3.8) is 0 Å². The normalized spacial score (nSPS) is 15.9. The SMILES string of the molecule is CCCN1C(=O)C(C#N)=C(C)/C(=C\c2ccc(-c3cccc4ccccc34)o2)C1=O. The summed E-state index contributed by atoms with van der Waals surface area (Å²) in [5.41, 5.74) is 1.64. The number of amides is 2. The Bertz CT molecular complexity index is 1270. The maximum absolute atomic E-state index is 12.9. The maximum atomic E-state index is 12.9. The van der Waals surface area contributed by atoms with E-state index in [4.69, 9.17) is 4.42 Å². The van der Waals surface area contributed by atoms with Crippen LogP contribution in [0.2, 0.25) is 0 Å². The predicted octanol–water partition coefficient (Wildman–Crippen LogP) is 5.10. The molecule has 1 aliphatic heterocycles. The molecule has 1 aromatic heterocycles. The quantitative estimate of drug-likeness (QED) is 0.454. The Hall–Kier alpha value is -3.91. The molecule has 0 fully saturated rings. The number of benzene rings is 2. The van der Waals surface area contributed by atoms with Gasteiger partial charge in [0.05, 0.1) is 0 Å².